The van der Waals surface area contributed by atoms with Gasteiger partial charge in [-0.3, -0.25) is 15.1 Å². The first-order valence-corrected chi connectivity index (χ1v) is 9.71. The van der Waals surface area contributed by atoms with Crippen LogP contribution in [0.1, 0.15) is 28.4 Å². The lowest BCUT2D eigenvalue weighted by atomic mass is 10.1. The van der Waals surface area contributed by atoms with Crippen molar-refractivity contribution in [1.82, 2.24) is 10.3 Å². The van der Waals surface area contributed by atoms with Gasteiger partial charge in [0.15, 0.2) is 11.5 Å². The summed E-state index contributed by atoms with van der Waals surface area (Å²) in [6.07, 6.45) is 4.42. The molecule has 1 aromatic heterocycles. The number of carbonyl (C=O) groups excluding carboxylic acids is 1. The average Bonchev–Trinajstić information content (AvgIpc) is 3.26. The van der Waals surface area contributed by atoms with Gasteiger partial charge >= 0.3 is 0 Å². The Morgan fingerprint density at radius 1 is 1.07 bits per heavy atom. The van der Waals surface area contributed by atoms with E-state index in [0.29, 0.717) is 29.6 Å². The van der Waals surface area contributed by atoms with E-state index < -0.39 is 0 Å². The van der Waals surface area contributed by atoms with Crippen molar-refractivity contribution in [3.63, 3.8) is 0 Å². The van der Waals surface area contributed by atoms with E-state index >= 15 is 0 Å². The van der Waals surface area contributed by atoms with E-state index in [0.717, 1.165) is 17.7 Å². The molecule has 0 fully saturated rings. The van der Waals surface area contributed by atoms with Crippen molar-refractivity contribution >= 4 is 17.6 Å². The van der Waals surface area contributed by atoms with Gasteiger partial charge in [-0.15, -0.1) is 0 Å². The summed E-state index contributed by atoms with van der Waals surface area (Å²) in [6, 6.07) is 16.9. The minimum atomic E-state index is -0.295. The zero-order chi connectivity index (χ0) is 20.8. The molecule has 7 heteroatoms. The summed E-state index contributed by atoms with van der Waals surface area (Å²) in [5.74, 6) is 1.24. The molecule has 1 amide bonds. The third-order valence-electron chi connectivity index (χ3n) is 4.63. The Bertz CT molecular complexity index is 1050. The van der Waals surface area contributed by atoms with Crippen LogP contribution >= 0.6 is 0 Å². The van der Waals surface area contributed by atoms with Gasteiger partial charge in [0, 0.05) is 23.6 Å². The van der Waals surface area contributed by atoms with Gasteiger partial charge in [0.1, 0.15) is 0 Å². The van der Waals surface area contributed by atoms with Crippen molar-refractivity contribution in [2.45, 2.75) is 19.9 Å². The molecule has 0 atom stereocenters. The van der Waals surface area contributed by atoms with Crippen molar-refractivity contribution in [3.8, 4) is 11.5 Å². The molecule has 1 aliphatic heterocycles. The summed E-state index contributed by atoms with van der Waals surface area (Å²) < 4.78 is 10.7. The summed E-state index contributed by atoms with van der Waals surface area (Å²) in [5, 5.41) is 6.05. The van der Waals surface area contributed by atoms with Crippen LogP contribution in [0.15, 0.2) is 72.0 Å². The lowest BCUT2D eigenvalue weighted by Crippen LogP contribution is -2.36. The zero-order valence-corrected chi connectivity index (χ0v) is 16.6. The van der Waals surface area contributed by atoms with Gasteiger partial charge in [-0.2, -0.15) is 0 Å². The summed E-state index contributed by atoms with van der Waals surface area (Å²) in [4.78, 5) is 21.5. The molecule has 4 rings (SSSR count). The Kier molecular flexibility index (Phi) is 5.89. The Morgan fingerprint density at radius 3 is 2.67 bits per heavy atom. The normalized spacial score (nSPS) is 12.5. The molecule has 0 radical (unpaired) electrons. The van der Waals surface area contributed by atoms with Gasteiger partial charge in [-0.1, -0.05) is 25.1 Å². The molecule has 3 aromatic rings. The van der Waals surface area contributed by atoms with Crippen LogP contribution in [0.25, 0.3) is 0 Å². The summed E-state index contributed by atoms with van der Waals surface area (Å²) in [7, 11) is 0. The molecule has 0 unspecified atom stereocenters. The van der Waals surface area contributed by atoms with Crippen molar-refractivity contribution in [1.29, 1.82) is 0 Å². The number of anilines is 1. The number of benzene rings is 2. The Hall–Kier alpha value is -3.87. The predicted octanol–water partition coefficient (Wildman–Crippen LogP) is 3.77. The second kappa shape index (κ2) is 9.09. The van der Waals surface area contributed by atoms with Gasteiger partial charge in [0.25, 0.3) is 5.91 Å². The fourth-order valence-electron chi connectivity index (χ4n) is 2.95. The van der Waals surface area contributed by atoms with Gasteiger partial charge in [-0.05, 0) is 53.9 Å². The number of amides is 1. The van der Waals surface area contributed by atoms with Crippen LogP contribution in [-0.2, 0) is 13.0 Å². The van der Waals surface area contributed by atoms with Crippen LogP contribution in [0.5, 0.6) is 11.5 Å². The first-order valence-electron chi connectivity index (χ1n) is 9.71. The van der Waals surface area contributed by atoms with E-state index in [9.17, 15) is 4.79 Å². The molecule has 2 N–H and O–H groups in total. The van der Waals surface area contributed by atoms with Crippen molar-refractivity contribution in [3.05, 3.63) is 83.7 Å². The molecule has 0 aliphatic carbocycles. The zero-order valence-electron chi connectivity index (χ0n) is 16.6. The molecule has 152 valence electrons. The highest BCUT2D eigenvalue weighted by Gasteiger charge is 2.17. The van der Waals surface area contributed by atoms with Gasteiger partial charge in [0.05, 0.1) is 6.54 Å². The third kappa shape index (κ3) is 4.75. The molecule has 0 spiro atoms. The van der Waals surface area contributed by atoms with E-state index in [1.54, 1.807) is 30.6 Å². The topological polar surface area (TPSA) is 84.8 Å². The fraction of sp³-hybridized carbons (Fsp3) is 0.174. The Balaban J connectivity index is 1.53. The Labute approximate surface area is 174 Å². The SMILES string of the molecule is CCc1ccc(NC(=NCc2cccnc2)NC(=O)c2ccc3c(c2)OCO3)cc1. The number of aryl methyl sites for hydroxylation is 1. The fourth-order valence-corrected chi connectivity index (χ4v) is 2.95. The van der Waals surface area contributed by atoms with E-state index in [4.69, 9.17) is 9.47 Å². The number of guanidine groups is 1. The number of aliphatic imine (C=N–C) groups is 1. The monoisotopic (exact) mass is 402 g/mol. The van der Waals surface area contributed by atoms with Crippen molar-refractivity contribution in [2.24, 2.45) is 4.99 Å². The maximum absolute atomic E-state index is 12.8. The molecule has 0 bridgehead atoms. The quantitative estimate of drug-likeness (QED) is 0.501. The van der Waals surface area contributed by atoms with Gasteiger partial charge < -0.3 is 14.8 Å². The lowest BCUT2D eigenvalue weighted by Gasteiger charge is -2.12. The highest BCUT2D eigenvalue weighted by molar-refractivity contribution is 6.10. The van der Waals surface area contributed by atoms with Gasteiger partial charge in [0.2, 0.25) is 12.8 Å². The minimum Gasteiger partial charge on any atom is -0.454 e. The van der Waals surface area contributed by atoms with Gasteiger partial charge in [-0.25, -0.2) is 4.99 Å². The molecule has 2 aromatic carbocycles. The van der Waals surface area contributed by atoms with Crippen LogP contribution < -0.4 is 20.1 Å². The molecular formula is C23H22N4O3. The first kappa shape index (κ1) is 19.4. The van der Waals surface area contributed by atoms with Crippen molar-refractivity contribution in [2.75, 3.05) is 12.1 Å². The summed E-state index contributed by atoms with van der Waals surface area (Å²) in [6.45, 7) is 2.65. The van der Waals surface area contributed by atoms with E-state index in [1.807, 2.05) is 36.4 Å². The third-order valence-corrected chi connectivity index (χ3v) is 4.63. The molecular weight excluding hydrogens is 380 g/mol. The van der Waals surface area contributed by atoms with Crippen LogP contribution in [0.2, 0.25) is 0 Å². The first-order chi connectivity index (χ1) is 14.7. The number of nitrogens with zero attached hydrogens (tertiary/aromatic N) is 2. The summed E-state index contributed by atoms with van der Waals surface area (Å²) in [5.41, 5.74) is 3.47. The second-order valence-electron chi connectivity index (χ2n) is 6.72. The van der Waals surface area contributed by atoms with E-state index in [1.165, 1.54) is 5.56 Å². The summed E-state index contributed by atoms with van der Waals surface area (Å²) >= 11 is 0. The number of hydrogen-bond donors (Lipinski definition) is 2. The van der Waals surface area contributed by atoms with Crippen molar-refractivity contribution < 1.29 is 14.3 Å². The molecule has 30 heavy (non-hydrogen) atoms. The highest BCUT2D eigenvalue weighted by Crippen LogP contribution is 2.32. The molecule has 7 nitrogen and oxygen atoms in total. The number of ether oxygens (including phenoxy) is 2. The maximum atomic E-state index is 12.8. The second-order valence-corrected chi connectivity index (χ2v) is 6.72. The van der Waals surface area contributed by atoms with Crippen LogP contribution in [-0.4, -0.2) is 23.6 Å². The smallest absolute Gasteiger partial charge is 0.258 e. The van der Waals surface area contributed by atoms with Crippen LogP contribution in [0.3, 0.4) is 0 Å². The highest BCUT2D eigenvalue weighted by atomic mass is 16.7. The number of hydrogen-bond acceptors (Lipinski definition) is 5. The largest absolute Gasteiger partial charge is 0.454 e. The molecule has 2 heterocycles. The lowest BCUT2D eigenvalue weighted by molar-refractivity contribution is 0.0976. The number of carbonyl (C=O) groups is 1. The minimum absolute atomic E-state index is 0.160. The number of fused-ring (bicyclic) bond motifs is 1. The van der Waals surface area contributed by atoms with E-state index in [2.05, 4.69) is 27.5 Å². The number of aromatic nitrogens is 1. The number of pyridine rings is 1. The number of nitrogens with one attached hydrogen (secondary N) is 2. The Morgan fingerprint density at radius 2 is 1.90 bits per heavy atom. The predicted molar refractivity (Wildman–Crippen MR) is 115 cm³/mol. The van der Waals surface area contributed by atoms with Crippen LogP contribution in [0.4, 0.5) is 5.69 Å². The molecule has 1 aliphatic rings. The average molecular weight is 402 g/mol. The maximum Gasteiger partial charge on any atom is 0.258 e. The van der Waals surface area contributed by atoms with E-state index in [-0.39, 0.29) is 12.7 Å². The molecule has 0 saturated carbocycles. The van der Waals surface area contributed by atoms with Crippen LogP contribution in [0, 0.1) is 0 Å². The number of rotatable bonds is 5. The standard InChI is InChI=1S/C23H22N4O3/c1-2-16-5-8-19(9-6-16)26-23(25-14-17-4-3-11-24-13-17)27-22(28)18-7-10-20-21(12-18)30-15-29-20/h3-13H,2,14-15H2,1H3,(H2,25,26,27,28). The molecule has 0 saturated heterocycles.